The predicted octanol–water partition coefficient (Wildman–Crippen LogP) is 4.15. The van der Waals surface area contributed by atoms with E-state index in [1.807, 2.05) is 0 Å². The maximum Gasteiger partial charge on any atom is 0.416 e. The zero-order chi connectivity index (χ0) is 22.0. The van der Waals surface area contributed by atoms with Crippen molar-refractivity contribution in [1.82, 2.24) is 0 Å². The van der Waals surface area contributed by atoms with Gasteiger partial charge in [0.15, 0.2) is 9.84 Å². The molecular formula is C17H13F6NO4S. The van der Waals surface area contributed by atoms with E-state index in [1.165, 1.54) is 25.3 Å². The fraction of sp³-hybridized carbons (Fsp3) is 0.235. The molecule has 0 aliphatic rings. The molecule has 0 saturated carbocycles. The van der Waals surface area contributed by atoms with Crippen LogP contribution in [0.25, 0.3) is 0 Å². The lowest BCUT2D eigenvalue weighted by atomic mass is 10.1. The molecule has 158 valence electrons. The predicted molar refractivity (Wildman–Crippen MR) is 90.1 cm³/mol. The lowest BCUT2D eigenvalue weighted by Crippen LogP contribution is -2.24. The van der Waals surface area contributed by atoms with Gasteiger partial charge in [0.05, 0.1) is 28.8 Å². The third-order valence-electron chi connectivity index (χ3n) is 3.62. The number of methoxy groups -OCH3 is 1. The van der Waals surface area contributed by atoms with E-state index in [0.29, 0.717) is 0 Å². The molecule has 0 heterocycles. The first-order valence-corrected chi connectivity index (χ1v) is 9.34. The number of carbonyl (C=O) groups is 1. The summed E-state index contributed by atoms with van der Waals surface area (Å²) in [6.45, 7) is 0. The molecule has 0 unspecified atom stereocenters. The van der Waals surface area contributed by atoms with Gasteiger partial charge in [-0.2, -0.15) is 26.3 Å². The third-order valence-corrected chi connectivity index (χ3v) is 5.22. The number of carbonyl (C=O) groups excluding carboxylic acids is 1. The van der Waals surface area contributed by atoms with Gasteiger partial charge in [-0.05, 0) is 30.3 Å². The van der Waals surface area contributed by atoms with Gasteiger partial charge in [-0.25, -0.2) is 8.42 Å². The first kappa shape index (κ1) is 22.5. The van der Waals surface area contributed by atoms with Gasteiger partial charge in [-0.15, -0.1) is 0 Å². The normalized spacial score (nSPS) is 12.5. The molecule has 1 N–H and O–H groups in total. The Bertz CT molecular complexity index is 983. The number of para-hydroxylation sites is 2. The highest BCUT2D eigenvalue weighted by Gasteiger charge is 2.38. The molecule has 0 radical (unpaired) electrons. The molecule has 2 rings (SSSR count). The molecule has 0 aromatic heterocycles. The van der Waals surface area contributed by atoms with Crippen LogP contribution >= 0.6 is 0 Å². The Morgan fingerprint density at radius 3 is 1.97 bits per heavy atom. The monoisotopic (exact) mass is 441 g/mol. The van der Waals surface area contributed by atoms with Crippen molar-refractivity contribution >= 4 is 21.4 Å². The molecule has 0 bridgehead atoms. The summed E-state index contributed by atoms with van der Waals surface area (Å²) in [6, 6.07) is 5.79. The molecular weight excluding hydrogens is 428 g/mol. The van der Waals surface area contributed by atoms with Crippen LogP contribution in [0.5, 0.6) is 5.75 Å². The van der Waals surface area contributed by atoms with Crippen LogP contribution in [0.2, 0.25) is 0 Å². The van der Waals surface area contributed by atoms with Gasteiger partial charge < -0.3 is 10.1 Å². The second-order valence-electron chi connectivity index (χ2n) is 5.75. The van der Waals surface area contributed by atoms with Gasteiger partial charge in [0.2, 0.25) is 5.91 Å². The SMILES string of the molecule is COc1ccccc1NC(=O)CS(=O)(=O)c1cc(C(F)(F)F)cc(C(F)(F)F)c1. The van der Waals surface area contributed by atoms with Crippen molar-refractivity contribution < 1.29 is 44.3 Å². The standard InChI is InChI=1S/C17H13F6NO4S/c1-28-14-5-3-2-4-13(14)24-15(25)9-29(26,27)12-7-10(16(18,19)20)6-11(8-12)17(21,22)23/h2-8H,9H2,1H3,(H,24,25). The maximum atomic E-state index is 12.9. The lowest BCUT2D eigenvalue weighted by molar-refractivity contribution is -0.143. The number of nitrogens with one attached hydrogen (secondary N) is 1. The van der Waals surface area contributed by atoms with E-state index in [0.717, 1.165) is 0 Å². The number of benzene rings is 2. The number of amides is 1. The highest BCUT2D eigenvalue weighted by atomic mass is 32.2. The zero-order valence-electron chi connectivity index (χ0n) is 14.6. The minimum Gasteiger partial charge on any atom is -0.495 e. The quantitative estimate of drug-likeness (QED) is 0.708. The van der Waals surface area contributed by atoms with E-state index in [4.69, 9.17) is 4.74 Å². The number of rotatable bonds is 5. The Morgan fingerprint density at radius 2 is 1.48 bits per heavy atom. The minimum atomic E-state index is -5.22. The molecule has 0 atom stereocenters. The van der Waals surface area contributed by atoms with E-state index < -0.39 is 49.9 Å². The average Bonchev–Trinajstić information content (AvgIpc) is 2.59. The Labute approximate surface area is 161 Å². The number of alkyl halides is 6. The molecule has 2 aromatic carbocycles. The van der Waals surface area contributed by atoms with Crippen LogP contribution in [0.15, 0.2) is 47.4 Å². The van der Waals surface area contributed by atoms with E-state index in [9.17, 15) is 39.6 Å². The van der Waals surface area contributed by atoms with Crippen molar-refractivity contribution in [3.8, 4) is 5.75 Å². The Balaban J connectivity index is 2.38. The average molecular weight is 441 g/mol. The lowest BCUT2D eigenvalue weighted by Gasteiger charge is -2.14. The number of sulfone groups is 1. The van der Waals surface area contributed by atoms with Crippen molar-refractivity contribution in [2.24, 2.45) is 0 Å². The van der Waals surface area contributed by atoms with Gasteiger partial charge in [-0.3, -0.25) is 4.79 Å². The van der Waals surface area contributed by atoms with Gasteiger partial charge in [0.1, 0.15) is 11.5 Å². The van der Waals surface area contributed by atoms with Crippen LogP contribution in [0.4, 0.5) is 32.0 Å². The van der Waals surface area contributed by atoms with Gasteiger partial charge in [0, 0.05) is 0 Å². The summed E-state index contributed by atoms with van der Waals surface area (Å²) in [5.74, 6) is -2.36. The number of hydrogen-bond acceptors (Lipinski definition) is 4. The molecule has 0 aliphatic carbocycles. The smallest absolute Gasteiger partial charge is 0.416 e. The third kappa shape index (κ3) is 5.62. The van der Waals surface area contributed by atoms with Crippen molar-refractivity contribution in [1.29, 1.82) is 0 Å². The Morgan fingerprint density at radius 1 is 0.966 bits per heavy atom. The summed E-state index contributed by atoms with van der Waals surface area (Å²) in [5, 5.41) is 2.19. The van der Waals surface area contributed by atoms with E-state index >= 15 is 0 Å². The topological polar surface area (TPSA) is 72.5 Å². The molecule has 5 nitrogen and oxygen atoms in total. The van der Waals surface area contributed by atoms with Crippen molar-refractivity contribution in [3.63, 3.8) is 0 Å². The summed E-state index contributed by atoms with van der Waals surface area (Å²) in [5.41, 5.74) is -3.51. The summed E-state index contributed by atoms with van der Waals surface area (Å²) in [4.78, 5) is 10.8. The second kappa shape index (κ2) is 7.93. The maximum absolute atomic E-state index is 12.9. The number of hydrogen-bond donors (Lipinski definition) is 1. The zero-order valence-corrected chi connectivity index (χ0v) is 15.4. The summed E-state index contributed by atoms with van der Waals surface area (Å²) < 4.78 is 107. The summed E-state index contributed by atoms with van der Waals surface area (Å²) in [6.07, 6.45) is -10.4. The van der Waals surface area contributed by atoms with Crippen LogP contribution in [0.3, 0.4) is 0 Å². The summed E-state index contributed by atoms with van der Waals surface area (Å²) >= 11 is 0. The number of anilines is 1. The Hall–Kier alpha value is -2.76. The molecule has 0 saturated heterocycles. The fourth-order valence-electron chi connectivity index (χ4n) is 2.30. The summed E-state index contributed by atoms with van der Waals surface area (Å²) in [7, 11) is -3.54. The van der Waals surface area contributed by atoms with Crippen LogP contribution in [0, 0.1) is 0 Å². The fourth-order valence-corrected chi connectivity index (χ4v) is 3.49. The van der Waals surface area contributed by atoms with Crippen LogP contribution in [-0.4, -0.2) is 27.2 Å². The van der Waals surface area contributed by atoms with Crippen LogP contribution < -0.4 is 10.1 Å². The Kier molecular flexibility index (Phi) is 6.16. The molecule has 2 aromatic rings. The second-order valence-corrected chi connectivity index (χ2v) is 7.74. The van der Waals surface area contributed by atoms with Crippen molar-refractivity contribution in [2.45, 2.75) is 17.2 Å². The van der Waals surface area contributed by atoms with Gasteiger partial charge in [0.25, 0.3) is 0 Å². The van der Waals surface area contributed by atoms with Crippen LogP contribution in [0.1, 0.15) is 11.1 Å². The molecule has 0 aliphatic heterocycles. The molecule has 0 spiro atoms. The van der Waals surface area contributed by atoms with E-state index in [2.05, 4.69) is 5.32 Å². The van der Waals surface area contributed by atoms with Crippen molar-refractivity contribution in [3.05, 3.63) is 53.6 Å². The molecule has 29 heavy (non-hydrogen) atoms. The molecule has 0 fully saturated rings. The first-order valence-electron chi connectivity index (χ1n) is 7.69. The van der Waals surface area contributed by atoms with Gasteiger partial charge in [-0.1, -0.05) is 12.1 Å². The van der Waals surface area contributed by atoms with E-state index in [-0.39, 0.29) is 29.6 Å². The highest BCUT2D eigenvalue weighted by molar-refractivity contribution is 7.92. The number of halogens is 6. The van der Waals surface area contributed by atoms with E-state index in [1.54, 1.807) is 6.07 Å². The van der Waals surface area contributed by atoms with Crippen LogP contribution in [-0.2, 0) is 27.0 Å². The minimum absolute atomic E-state index is 0.0565. The largest absolute Gasteiger partial charge is 0.495 e. The number of ether oxygens (including phenoxy) is 1. The van der Waals surface area contributed by atoms with Gasteiger partial charge >= 0.3 is 12.4 Å². The molecule has 12 heteroatoms. The highest BCUT2D eigenvalue weighted by Crippen LogP contribution is 2.37. The van der Waals surface area contributed by atoms with Crippen molar-refractivity contribution in [2.75, 3.05) is 18.2 Å². The first-order chi connectivity index (χ1) is 13.2. The molecule has 1 amide bonds.